The molecule has 2 N–H and O–H groups in total. The van der Waals surface area contributed by atoms with Gasteiger partial charge in [-0.05, 0) is 53.6 Å². The number of hydrogen-bond donors (Lipinski definition) is 1. The number of nitrogens with two attached hydrogens (primary N) is 1. The van der Waals surface area contributed by atoms with Gasteiger partial charge in [0.15, 0.2) is 0 Å². The van der Waals surface area contributed by atoms with Crippen LogP contribution in [0.1, 0.15) is 0 Å². The molecule has 0 radical (unpaired) electrons. The lowest BCUT2D eigenvalue weighted by molar-refractivity contribution is 1.09. The molecule has 0 fully saturated rings. The number of nitrogen functional groups attached to an aromatic ring is 1. The lowest BCUT2D eigenvalue weighted by atomic mass is 10.1. The van der Waals surface area contributed by atoms with Crippen LogP contribution in [0.4, 0.5) is 5.69 Å². The van der Waals surface area contributed by atoms with Gasteiger partial charge >= 0.3 is 0 Å². The zero-order valence-corrected chi connectivity index (χ0v) is 15.4. The number of rotatable bonds is 3. The van der Waals surface area contributed by atoms with Crippen molar-refractivity contribution in [2.45, 2.75) is 0 Å². The third-order valence-corrected chi connectivity index (χ3v) is 4.84. The first-order valence-electron chi connectivity index (χ1n) is 8.21. The Hall–Kier alpha value is -2.68. The number of nitrogens with zero attached hydrogens (tertiary/aromatic N) is 1. The minimum Gasteiger partial charge on any atom is -0.397 e. The second-order valence-corrected chi connectivity index (χ2v) is 6.93. The maximum atomic E-state index is 6.23. The minimum atomic E-state index is 0.712. The van der Waals surface area contributed by atoms with Crippen molar-refractivity contribution in [3.05, 3.63) is 95.1 Å². The van der Waals surface area contributed by atoms with Gasteiger partial charge in [0, 0.05) is 21.8 Å². The first-order valence-corrected chi connectivity index (χ1v) is 8.96. The van der Waals surface area contributed by atoms with E-state index in [1.807, 2.05) is 72.8 Å². The standard InChI is InChI=1S/C22H16Cl2N2/c23-18-9-5-15(6-10-18)17-13-22(16-7-11-19(24)12-8-16)26(14-17)21-4-2-1-3-20(21)25/h1-14H,25H2. The lowest BCUT2D eigenvalue weighted by Gasteiger charge is -2.11. The molecule has 1 heterocycles. The van der Waals surface area contributed by atoms with Crippen molar-refractivity contribution in [3.8, 4) is 28.1 Å². The predicted octanol–water partition coefficient (Wildman–Crippen LogP) is 6.70. The van der Waals surface area contributed by atoms with E-state index < -0.39 is 0 Å². The Kier molecular flexibility index (Phi) is 4.46. The van der Waals surface area contributed by atoms with Crippen molar-refractivity contribution in [1.82, 2.24) is 4.57 Å². The summed E-state index contributed by atoms with van der Waals surface area (Å²) in [6, 6.07) is 25.6. The fourth-order valence-corrected chi connectivity index (χ4v) is 3.26. The Morgan fingerprint density at radius 2 is 1.23 bits per heavy atom. The second-order valence-electron chi connectivity index (χ2n) is 6.06. The smallest absolute Gasteiger partial charge is 0.0686 e. The van der Waals surface area contributed by atoms with E-state index in [-0.39, 0.29) is 0 Å². The molecule has 3 aromatic carbocycles. The quantitative estimate of drug-likeness (QED) is 0.395. The molecule has 128 valence electrons. The normalized spacial score (nSPS) is 10.8. The number of para-hydroxylation sites is 2. The molecule has 1 aromatic heterocycles. The van der Waals surface area contributed by atoms with Crippen LogP contribution in [0.3, 0.4) is 0 Å². The third kappa shape index (κ3) is 3.22. The maximum absolute atomic E-state index is 6.23. The van der Waals surface area contributed by atoms with Crippen molar-refractivity contribution in [2.75, 3.05) is 5.73 Å². The molecule has 0 aliphatic carbocycles. The van der Waals surface area contributed by atoms with Crippen LogP contribution in [0.2, 0.25) is 10.0 Å². The first kappa shape index (κ1) is 16.8. The number of hydrogen-bond acceptors (Lipinski definition) is 1. The molecule has 0 spiro atoms. The Balaban J connectivity index is 1.92. The molecule has 2 nitrogen and oxygen atoms in total. The van der Waals surface area contributed by atoms with Crippen molar-refractivity contribution in [2.24, 2.45) is 0 Å². The van der Waals surface area contributed by atoms with Gasteiger partial charge in [0.1, 0.15) is 0 Å². The summed E-state index contributed by atoms with van der Waals surface area (Å²) in [5.41, 5.74) is 12.2. The van der Waals surface area contributed by atoms with E-state index in [4.69, 9.17) is 28.9 Å². The van der Waals surface area contributed by atoms with E-state index in [1.54, 1.807) is 0 Å². The molecular formula is C22H16Cl2N2. The third-order valence-electron chi connectivity index (χ3n) is 4.33. The molecule has 0 unspecified atom stereocenters. The highest BCUT2D eigenvalue weighted by Gasteiger charge is 2.13. The molecule has 0 amide bonds. The lowest BCUT2D eigenvalue weighted by Crippen LogP contribution is -1.99. The number of anilines is 1. The number of halogens is 2. The molecule has 0 saturated carbocycles. The molecule has 4 rings (SSSR count). The van der Waals surface area contributed by atoms with Crippen molar-refractivity contribution in [1.29, 1.82) is 0 Å². The summed E-state index contributed by atoms with van der Waals surface area (Å²) in [6.07, 6.45) is 2.10. The average molecular weight is 379 g/mol. The van der Waals surface area contributed by atoms with Gasteiger partial charge in [0.2, 0.25) is 0 Å². The SMILES string of the molecule is Nc1ccccc1-n1cc(-c2ccc(Cl)cc2)cc1-c1ccc(Cl)cc1. The van der Waals surface area contributed by atoms with Gasteiger partial charge in [-0.1, -0.05) is 59.6 Å². The van der Waals surface area contributed by atoms with Crippen LogP contribution in [0.15, 0.2) is 85.1 Å². The Morgan fingerprint density at radius 3 is 1.85 bits per heavy atom. The zero-order chi connectivity index (χ0) is 18.1. The van der Waals surface area contributed by atoms with Crippen LogP contribution < -0.4 is 5.73 Å². The summed E-state index contributed by atoms with van der Waals surface area (Å²) in [5, 5.41) is 1.43. The summed E-state index contributed by atoms with van der Waals surface area (Å²) in [6.45, 7) is 0. The predicted molar refractivity (Wildman–Crippen MR) is 111 cm³/mol. The van der Waals surface area contributed by atoms with E-state index in [0.717, 1.165) is 38.8 Å². The molecule has 0 saturated heterocycles. The number of benzene rings is 3. The largest absolute Gasteiger partial charge is 0.397 e. The van der Waals surface area contributed by atoms with Crippen LogP contribution in [0, 0.1) is 0 Å². The van der Waals surface area contributed by atoms with Crippen molar-refractivity contribution >= 4 is 28.9 Å². The highest BCUT2D eigenvalue weighted by atomic mass is 35.5. The molecule has 4 heteroatoms. The zero-order valence-electron chi connectivity index (χ0n) is 13.9. The topological polar surface area (TPSA) is 30.9 Å². The van der Waals surface area contributed by atoms with Gasteiger partial charge in [-0.3, -0.25) is 0 Å². The van der Waals surface area contributed by atoms with E-state index in [2.05, 4.69) is 16.8 Å². The average Bonchev–Trinajstić information content (AvgIpc) is 3.08. The number of aromatic nitrogens is 1. The van der Waals surface area contributed by atoms with E-state index in [1.165, 1.54) is 0 Å². The Bertz CT molecular complexity index is 1050. The van der Waals surface area contributed by atoms with Gasteiger partial charge in [-0.25, -0.2) is 0 Å². The summed E-state index contributed by atoms with van der Waals surface area (Å²) >= 11 is 12.1. The van der Waals surface area contributed by atoms with Crippen LogP contribution in [0.5, 0.6) is 0 Å². The summed E-state index contributed by atoms with van der Waals surface area (Å²) in [7, 11) is 0. The fourth-order valence-electron chi connectivity index (χ4n) is 3.01. The summed E-state index contributed by atoms with van der Waals surface area (Å²) in [4.78, 5) is 0. The monoisotopic (exact) mass is 378 g/mol. The molecular weight excluding hydrogens is 363 g/mol. The summed E-state index contributed by atoms with van der Waals surface area (Å²) in [5.74, 6) is 0. The van der Waals surface area contributed by atoms with Gasteiger partial charge < -0.3 is 10.3 Å². The van der Waals surface area contributed by atoms with Crippen molar-refractivity contribution in [3.63, 3.8) is 0 Å². The van der Waals surface area contributed by atoms with Crippen LogP contribution >= 0.6 is 23.2 Å². The van der Waals surface area contributed by atoms with Crippen LogP contribution in [-0.4, -0.2) is 4.57 Å². The van der Waals surface area contributed by atoms with Gasteiger partial charge in [0.25, 0.3) is 0 Å². The van der Waals surface area contributed by atoms with Crippen molar-refractivity contribution < 1.29 is 0 Å². The van der Waals surface area contributed by atoms with Gasteiger partial charge in [0.05, 0.1) is 17.1 Å². The molecule has 0 atom stereocenters. The molecule has 0 aliphatic heterocycles. The van der Waals surface area contributed by atoms with Gasteiger partial charge in [-0.2, -0.15) is 0 Å². The Labute approximate surface area is 162 Å². The first-order chi connectivity index (χ1) is 12.6. The van der Waals surface area contributed by atoms with Gasteiger partial charge in [-0.15, -0.1) is 0 Å². The molecule has 0 aliphatic rings. The van der Waals surface area contributed by atoms with Crippen LogP contribution in [0.25, 0.3) is 28.1 Å². The fraction of sp³-hybridized carbons (Fsp3) is 0. The second kappa shape index (κ2) is 6.91. The highest BCUT2D eigenvalue weighted by Crippen LogP contribution is 2.33. The molecule has 0 bridgehead atoms. The maximum Gasteiger partial charge on any atom is 0.0686 e. The molecule has 26 heavy (non-hydrogen) atoms. The minimum absolute atomic E-state index is 0.712. The van der Waals surface area contributed by atoms with Crippen LogP contribution in [-0.2, 0) is 0 Å². The van der Waals surface area contributed by atoms with E-state index >= 15 is 0 Å². The van der Waals surface area contributed by atoms with E-state index in [0.29, 0.717) is 5.02 Å². The van der Waals surface area contributed by atoms with E-state index in [9.17, 15) is 0 Å². The highest BCUT2D eigenvalue weighted by molar-refractivity contribution is 6.30. The molecule has 4 aromatic rings. The summed E-state index contributed by atoms with van der Waals surface area (Å²) < 4.78 is 2.11. The Morgan fingerprint density at radius 1 is 0.654 bits per heavy atom.